The first-order valence-corrected chi connectivity index (χ1v) is 10.5. The highest BCUT2D eigenvalue weighted by atomic mass is 32.2. The van der Waals surface area contributed by atoms with Gasteiger partial charge in [0.1, 0.15) is 11.5 Å². The van der Waals surface area contributed by atoms with Crippen molar-refractivity contribution in [2.24, 2.45) is 4.99 Å². The van der Waals surface area contributed by atoms with Gasteiger partial charge in [-0.25, -0.2) is 4.99 Å². The molecule has 8 heteroatoms. The molecule has 7 nitrogen and oxygen atoms in total. The average Bonchev–Trinajstić information content (AvgIpc) is 2.77. The van der Waals surface area contributed by atoms with Crippen LogP contribution in [0.3, 0.4) is 0 Å². The largest absolute Gasteiger partial charge is 0.497 e. The minimum atomic E-state index is -0.499. The number of hydrogen-bond donors (Lipinski definition) is 1. The van der Waals surface area contributed by atoms with Gasteiger partial charge in [0.25, 0.3) is 0 Å². The third-order valence-corrected chi connectivity index (χ3v) is 5.77. The van der Waals surface area contributed by atoms with E-state index in [2.05, 4.69) is 10.3 Å². The van der Waals surface area contributed by atoms with E-state index in [0.29, 0.717) is 23.9 Å². The Morgan fingerprint density at radius 1 is 1.10 bits per heavy atom. The van der Waals surface area contributed by atoms with E-state index in [9.17, 15) is 9.59 Å². The van der Waals surface area contributed by atoms with Gasteiger partial charge in [0, 0.05) is 13.0 Å². The number of ether oxygens (including phenoxy) is 2. The summed E-state index contributed by atoms with van der Waals surface area (Å²) in [5.41, 5.74) is 1.63. The van der Waals surface area contributed by atoms with Gasteiger partial charge in [-0.15, -0.1) is 0 Å². The van der Waals surface area contributed by atoms with Crippen LogP contribution in [0.25, 0.3) is 0 Å². The smallest absolute Gasteiger partial charge is 0.234 e. The van der Waals surface area contributed by atoms with Gasteiger partial charge in [-0.2, -0.15) is 0 Å². The van der Waals surface area contributed by atoms with E-state index >= 15 is 0 Å². The lowest BCUT2D eigenvalue weighted by Crippen LogP contribution is -2.46. The fraction of sp³-hybridized carbons (Fsp3) is 0.318. The molecule has 0 aromatic heterocycles. The number of thioether (sulfide) groups is 1. The number of nitrogens with one attached hydrogen (secondary N) is 1. The highest BCUT2D eigenvalue weighted by molar-refractivity contribution is 8.15. The molecule has 1 aliphatic heterocycles. The molecule has 0 bridgehead atoms. The van der Waals surface area contributed by atoms with Crippen LogP contribution >= 0.6 is 11.8 Å². The van der Waals surface area contributed by atoms with Gasteiger partial charge in [0.2, 0.25) is 11.8 Å². The van der Waals surface area contributed by atoms with Crippen LogP contribution in [0.5, 0.6) is 11.5 Å². The van der Waals surface area contributed by atoms with E-state index < -0.39 is 5.25 Å². The summed E-state index contributed by atoms with van der Waals surface area (Å²) >= 11 is 1.31. The maximum atomic E-state index is 12.9. The number of hydrogen-bond acceptors (Lipinski definition) is 6. The predicted octanol–water partition coefficient (Wildman–Crippen LogP) is 3.36. The second-order valence-corrected chi connectivity index (χ2v) is 7.80. The summed E-state index contributed by atoms with van der Waals surface area (Å²) < 4.78 is 10.4. The summed E-state index contributed by atoms with van der Waals surface area (Å²) in [6.45, 7) is 2.74. The quantitative estimate of drug-likeness (QED) is 0.733. The zero-order valence-corrected chi connectivity index (χ0v) is 18.1. The van der Waals surface area contributed by atoms with Crippen molar-refractivity contribution in [1.29, 1.82) is 0 Å². The highest BCUT2D eigenvalue weighted by Crippen LogP contribution is 2.31. The minimum absolute atomic E-state index is 0.131. The van der Waals surface area contributed by atoms with Gasteiger partial charge in [-0.3, -0.25) is 14.5 Å². The molecule has 2 amide bonds. The summed E-state index contributed by atoms with van der Waals surface area (Å²) in [5, 5.41) is 2.80. The van der Waals surface area contributed by atoms with E-state index in [-0.39, 0.29) is 18.2 Å². The van der Waals surface area contributed by atoms with Crippen molar-refractivity contribution in [2.45, 2.75) is 25.1 Å². The number of benzene rings is 2. The summed E-state index contributed by atoms with van der Waals surface area (Å²) in [4.78, 5) is 31.6. The van der Waals surface area contributed by atoms with Crippen LogP contribution in [0.2, 0.25) is 0 Å². The number of methoxy groups -OCH3 is 2. The van der Waals surface area contributed by atoms with Gasteiger partial charge < -0.3 is 14.8 Å². The van der Waals surface area contributed by atoms with Crippen LogP contribution in [0.15, 0.2) is 53.5 Å². The summed E-state index contributed by atoms with van der Waals surface area (Å²) in [6, 6.07) is 14.8. The van der Waals surface area contributed by atoms with E-state index in [1.807, 2.05) is 55.5 Å². The first-order chi connectivity index (χ1) is 14.5. The molecule has 0 radical (unpaired) electrons. The van der Waals surface area contributed by atoms with Crippen LogP contribution in [0.1, 0.15) is 18.9 Å². The van der Waals surface area contributed by atoms with Crippen LogP contribution in [-0.4, -0.2) is 47.9 Å². The Labute approximate surface area is 180 Å². The van der Waals surface area contributed by atoms with Crippen molar-refractivity contribution in [3.63, 3.8) is 0 Å². The standard InChI is InChI=1S/C22H25N3O4S/c1-4-23-21(27)19-13-20(26)25(14-15-5-9-17(28-2)10-6-15)22(30-19)24-16-7-11-18(29-3)12-8-16/h5-12,19H,4,13-14H2,1-3H3,(H,23,27)/t19-/m0/s1. The molecular weight excluding hydrogens is 402 g/mol. The van der Waals surface area contributed by atoms with Gasteiger partial charge in [-0.1, -0.05) is 23.9 Å². The zero-order valence-electron chi connectivity index (χ0n) is 17.3. The molecule has 3 rings (SSSR count). The number of amides is 2. The van der Waals surface area contributed by atoms with E-state index in [1.54, 1.807) is 19.1 Å². The molecule has 0 aliphatic carbocycles. The van der Waals surface area contributed by atoms with E-state index in [1.165, 1.54) is 11.8 Å². The molecule has 1 N–H and O–H groups in total. The van der Waals surface area contributed by atoms with Crippen molar-refractivity contribution in [1.82, 2.24) is 10.2 Å². The van der Waals surface area contributed by atoms with E-state index in [4.69, 9.17) is 9.47 Å². The molecule has 0 saturated carbocycles. The third kappa shape index (κ3) is 5.33. The number of rotatable bonds is 7. The number of nitrogens with zero attached hydrogens (tertiary/aromatic N) is 2. The maximum absolute atomic E-state index is 12.9. The van der Waals surface area contributed by atoms with Crippen LogP contribution < -0.4 is 14.8 Å². The number of aliphatic imine (C=N–C) groups is 1. The molecular formula is C22H25N3O4S. The van der Waals surface area contributed by atoms with E-state index in [0.717, 1.165) is 17.1 Å². The molecule has 30 heavy (non-hydrogen) atoms. The normalized spacial score (nSPS) is 17.7. The lowest BCUT2D eigenvalue weighted by Gasteiger charge is -2.31. The second kappa shape index (κ2) is 10.2. The second-order valence-electron chi connectivity index (χ2n) is 6.63. The van der Waals surface area contributed by atoms with Crippen molar-refractivity contribution < 1.29 is 19.1 Å². The zero-order chi connectivity index (χ0) is 21.5. The molecule has 1 aliphatic rings. The molecule has 0 spiro atoms. The Morgan fingerprint density at radius 2 is 1.70 bits per heavy atom. The first kappa shape index (κ1) is 21.7. The molecule has 2 aromatic rings. The molecule has 0 unspecified atom stereocenters. The van der Waals surface area contributed by atoms with Gasteiger partial charge in [0.15, 0.2) is 5.17 Å². The fourth-order valence-electron chi connectivity index (χ4n) is 2.97. The topological polar surface area (TPSA) is 80.2 Å². The highest BCUT2D eigenvalue weighted by Gasteiger charge is 2.35. The Bertz CT molecular complexity index is 913. The number of carbonyl (C=O) groups is 2. The Morgan fingerprint density at radius 3 is 2.27 bits per heavy atom. The summed E-state index contributed by atoms with van der Waals surface area (Å²) in [5.74, 6) is 1.19. The fourth-order valence-corrected chi connectivity index (χ4v) is 4.09. The monoisotopic (exact) mass is 427 g/mol. The third-order valence-electron chi connectivity index (χ3n) is 4.58. The molecule has 158 valence electrons. The van der Waals surface area contributed by atoms with Crippen molar-refractivity contribution >= 4 is 34.4 Å². The SMILES string of the molecule is CCNC(=O)[C@@H]1CC(=O)N(Cc2ccc(OC)cc2)C(=Nc2ccc(OC)cc2)S1. The molecule has 1 atom stereocenters. The van der Waals surface area contributed by atoms with Gasteiger partial charge >= 0.3 is 0 Å². The molecule has 1 fully saturated rings. The Kier molecular flexibility index (Phi) is 7.35. The number of amidine groups is 1. The lowest BCUT2D eigenvalue weighted by atomic mass is 10.2. The maximum Gasteiger partial charge on any atom is 0.234 e. The van der Waals surface area contributed by atoms with Crippen LogP contribution in [0.4, 0.5) is 5.69 Å². The average molecular weight is 428 g/mol. The van der Waals surface area contributed by atoms with Crippen LogP contribution in [0, 0.1) is 0 Å². The summed E-state index contributed by atoms with van der Waals surface area (Å²) in [7, 11) is 3.21. The molecule has 1 heterocycles. The minimum Gasteiger partial charge on any atom is -0.497 e. The van der Waals surface area contributed by atoms with Crippen molar-refractivity contribution in [2.75, 3.05) is 20.8 Å². The summed E-state index contributed by atoms with van der Waals surface area (Å²) in [6.07, 6.45) is 0.133. The lowest BCUT2D eigenvalue weighted by molar-refractivity contribution is -0.130. The van der Waals surface area contributed by atoms with Gasteiger partial charge in [0.05, 0.1) is 31.7 Å². The van der Waals surface area contributed by atoms with Crippen LogP contribution in [-0.2, 0) is 16.1 Å². The Hall–Kier alpha value is -3.00. The van der Waals surface area contributed by atoms with Gasteiger partial charge in [-0.05, 0) is 48.9 Å². The number of carbonyl (C=O) groups excluding carboxylic acids is 2. The van der Waals surface area contributed by atoms with Crippen molar-refractivity contribution in [3.05, 3.63) is 54.1 Å². The first-order valence-electron chi connectivity index (χ1n) is 9.64. The molecule has 2 aromatic carbocycles. The Balaban J connectivity index is 1.89. The van der Waals surface area contributed by atoms with Crippen molar-refractivity contribution in [3.8, 4) is 11.5 Å². The molecule has 1 saturated heterocycles. The predicted molar refractivity (Wildman–Crippen MR) is 118 cm³/mol.